The first kappa shape index (κ1) is 21.4. The number of sulfonamides is 1. The Morgan fingerprint density at radius 1 is 1.44 bits per heavy atom. The quantitative estimate of drug-likeness (QED) is 0.742. The summed E-state index contributed by atoms with van der Waals surface area (Å²) < 4.78 is 26.6. The number of hydrogen-bond donors (Lipinski definition) is 2. The van der Waals surface area contributed by atoms with Gasteiger partial charge in [-0.05, 0) is 30.5 Å². The fraction of sp³-hybridized carbons (Fsp3) is 0.500. The van der Waals surface area contributed by atoms with E-state index < -0.39 is 10.0 Å². The van der Waals surface area contributed by atoms with Gasteiger partial charge in [0.2, 0.25) is 15.9 Å². The Morgan fingerprint density at radius 3 is 2.88 bits per heavy atom. The Balaban J connectivity index is 0.00000312. The van der Waals surface area contributed by atoms with E-state index in [1.807, 2.05) is 6.07 Å². The molecule has 7 nitrogen and oxygen atoms in total. The van der Waals surface area contributed by atoms with E-state index in [4.69, 9.17) is 11.0 Å². The number of nitriles is 1. The van der Waals surface area contributed by atoms with Gasteiger partial charge in [0.15, 0.2) is 0 Å². The molecule has 0 aliphatic carbocycles. The summed E-state index contributed by atoms with van der Waals surface area (Å²) in [5.41, 5.74) is 6.37. The van der Waals surface area contributed by atoms with Crippen molar-refractivity contribution in [2.24, 2.45) is 11.7 Å². The number of nitrogens with one attached hydrogen (secondary N) is 1. The molecule has 2 rings (SSSR count). The molecule has 1 aliphatic rings. The maximum Gasteiger partial charge on any atom is 0.224 e. The molecule has 1 fully saturated rings. The van der Waals surface area contributed by atoms with Crippen molar-refractivity contribution in [1.29, 1.82) is 5.26 Å². The highest BCUT2D eigenvalue weighted by molar-refractivity contribution is 7.88. The monoisotopic (exact) mass is 386 g/mol. The minimum atomic E-state index is -3.53. The molecule has 1 aromatic rings. The van der Waals surface area contributed by atoms with E-state index in [9.17, 15) is 13.2 Å². The van der Waals surface area contributed by atoms with Gasteiger partial charge in [0.05, 0.1) is 23.3 Å². The van der Waals surface area contributed by atoms with E-state index in [-0.39, 0.29) is 36.5 Å². The fourth-order valence-electron chi connectivity index (χ4n) is 2.78. The van der Waals surface area contributed by atoms with Crippen molar-refractivity contribution >= 4 is 28.3 Å². The van der Waals surface area contributed by atoms with Gasteiger partial charge in [-0.15, -0.1) is 12.4 Å². The topological polar surface area (TPSA) is 116 Å². The number of nitrogens with two attached hydrogens (primary N) is 1. The number of hydrogen-bond acceptors (Lipinski definition) is 5. The van der Waals surface area contributed by atoms with Crippen LogP contribution in [-0.4, -0.2) is 44.8 Å². The van der Waals surface area contributed by atoms with E-state index in [0.717, 1.165) is 0 Å². The number of halogens is 1. The highest BCUT2D eigenvalue weighted by Gasteiger charge is 2.32. The third-order valence-corrected chi connectivity index (χ3v) is 5.81. The molecule has 0 spiro atoms. The number of carbonyl (C=O) groups excluding carboxylic acids is 1. The van der Waals surface area contributed by atoms with Crippen LogP contribution < -0.4 is 11.1 Å². The standard InChI is InChI=1S/C16H22N4O3S.ClH/c17-6-7-19-16(21)15-5-2-8-20(11-15)24(22,23)12-14-4-1-3-13(9-14)10-18;/h1,3-4,9,15H,2,5-8,11-12,17H2,(H,19,21);1H. The zero-order valence-electron chi connectivity index (χ0n) is 13.8. The van der Waals surface area contributed by atoms with Gasteiger partial charge in [-0.25, -0.2) is 12.7 Å². The predicted octanol–water partition coefficient (Wildman–Crippen LogP) is 0.597. The van der Waals surface area contributed by atoms with Gasteiger partial charge in [-0.1, -0.05) is 12.1 Å². The van der Waals surface area contributed by atoms with Gasteiger partial charge in [0.25, 0.3) is 0 Å². The summed E-state index contributed by atoms with van der Waals surface area (Å²) in [6.07, 6.45) is 1.32. The molecule has 1 saturated heterocycles. The summed E-state index contributed by atoms with van der Waals surface area (Å²) in [5, 5.41) is 11.6. The van der Waals surface area contributed by atoms with Crippen molar-refractivity contribution in [3.05, 3.63) is 35.4 Å². The molecule has 1 aliphatic heterocycles. The van der Waals surface area contributed by atoms with Crippen molar-refractivity contribution in [1.82, 2.24) is 9.62 Å². The number of nitrogens with zero attached hydrogens (tertiary/aromatic N) is 2. The number of piperidine rings is 1. The lowest BCUT2D eigenvalue weighted by molar-refractivity contribution is -0.126. The van der Waals surface area contributed by atoms with Crippen molar-refractivity contribution in [2.45, 2.75) is 18.6 Å². The maximum atomic E-state index is 12.6. The lowest BCUT2D eigenvalue weighted by Crippen LogP contribution is -2.46. The molecular formula is C16H23ClN4O3S. The van der Waals surface area contributed by atoms with Gasteiger partial charge in [-0.3, -0.25) is 4.79 Å². The van der Waals surface area contributed by atoms with Crippen LogP contribution in [0.5, 0.6) is 0 Å². The van der Waals surface area contributed by atoms with E-state index in [2.05, 4.69) is 5.32 Å². The number of rotatable bonds is 6. The summed E-state index contributed by atoms with van der Waals surface area (Å²) in [5.74, 6) is -0.656. The molecule has 0 radical (unpaired) electrons. The Morgan fingerprint density at radius 2 is 2.20 bits per heavy atom. The molecule has 1 amide bonds. The van der Waals surface area contributed by atoms with Crippen LogP contribution in [0.1, 0.15) is 24.0 Å². The number of amides is 1. The zero-order chi connectivity index (χ0) is 17.6. The number of benzene rings is 1. The molecule has 0 saturated carbocycles. The second kappa shape index (κ2) is 9.73. The largest absolute Gasteiger partial charge is 0.355 e. The van der Waals surface area contributed by atoms with Gasteiger partial charge < -0.3 is 11.1 Å². The van der Waals surface area contributed by atoms with Crippen LogP contribution in [0.15, 0.2) is 24.3 Å². The number of carbonyl (C=O) groups is 1. The third-order valence-electron chi connectivity index (χ3n) is 4.00. The molecule has 1 atom stereocenters. The van der Waals surface area contributed by atoms with Gasteiger partial charge in [0.1, 0.15) is 0 Å². The Bertz CT molecular complexity index is 733. The van der Waals surface area contributed by atoms with Crippen LogP contribution >= 0.6 is 12.4 Å². The minimum Gasteiger partial charge on any atom is -0.355 e. The first-order valence-electron chi connectivity index (χ1n) is 7.91. The van der Waals surface area contributed by atoms with Gasteiger partial charge >= 0.3 is 0 Å². The van der Waals surface area contributed by atoms with E-state index in [0.29, 0.717) is 43.6 Å². The van der Waals surface area contributed by atoms with E-state index in [1.165, 1.54) is 4.31 Å². The minimum absolute atomic E-state index is 0. The first-order chi connectivity index (χ1) is 11.5. The molecule has 3 N–H and O–H groups in total. The lowest BCUT2D eigenvalue weighted by Gasteiger charge is -2.31. The van der Waals surface area contributed by atoms with Crippen LogP contribution in [-0.2, 0) is 20.6 Å². The Hall–Kier alpha value is -1.66. The molecule has 1 unspecified atom stereocenters. The fourth-order valence-corrected chi connectivity index (χ4v) is 4.38. The molecule has 1 aromatic carbocycles. The van der Waals surface area contributed by atoms with E-state index in [1.54, 1.807) is 24.3 Å². The van der Waals surface area contributed by atoms with Crippen molar-refractivity contribution < 1.29 is 13.2 Å². The maximum absolute atomic E-state index is 12.6. The summed E-state index contributed by atoms with van der Waals surface area (Å²) in [6, 6.07) is 8.57. The molecule has 25 heavy (non-hydrogen) atoms. The van der Waals surface area contributed by atoms with Gasteiger partial charge in [-0.2, -0.15) is 5.26 Å². The highest BCUT2D eigenvalue weighted by atomic mass is 35.5. The van der Waals surface area contributed by atoms with Crippen molar-refractivity contribution in [3.63, 3.8) is 0 Å². The molecule has 0 bridgehead atoms. The molecule has 9 heteroatoms. The van der Waals surface area contributed by atoms with Crippen LogP contribution in [0.25, 0.3) is 0 Å². The van der Waals surface area contributed by atoms with Crippen molar-refractivity contribution in [2.75, 3.05) is 26.2 Å². The van der Waals surface area contributed by atoms with Gasteiger partial charge in [0, 0.05) is 26.2 Å². The summed E-state index contributed by atoms with van der Waals surface area (Å²) in [6.45, 7) is 1.36. The SMILES string of the molecule is Cl.N#Cc1cccc(CS(=O)(=O)N2CCCC(C(=O)NCCN)C2)c1. The predicted molar refractivity (Wildman–Crippen MR) is 97.4 cm³/mol. The molecular weight excluding hydrogens is 364 g/mol. The van der Waals surface area contributed by atoms with Crippen LogP contribution in [0, 0.1) is 17.2 Å². The molecule has 0 aromatic heterocycles. The smallest absolute Gasteiger partial charge is 0.224 e. The van der Waals surface area contributed by atoms with E-state index >= 15 is 0 Å². The van der Waals surface area contributed by atoms with Crippen molar-refractivity contribution in [3.8, 4) is 6.07 Å². The lowest BCUT2D eigenvalue weighted by atomic mass is 9.99. The highest BCUT2D eigenvalue weighted by Crippen LogP contribution is 2.22. The van der Waals surface area contributed by atoms with Crippen LogP contribution in [0.4, 0.5) is 0 Å². The zero-order valence-corrected chi connectivity index (χ0v) is 15.5. The average molecular weight is 387 g/mol. The summed E-state index contributed by atoms with van der Waals surface area (Å²) in [4.78, 5) is 12.0. The molecule has 138 valence electrons. The Labute approximate surface area is 154 Å². The second-order valence-electron chi connectivity index (χ2n) is 5.85. The summed E-state index contributed by atoms with van der Waals surface area (Å²) in [7, 11) is -3.53. The Kier molecular flexibility index (Phi) is 8.32. The average Bonchev–Trinajstić information content (AvgIpc) is 2.59. The second-order valence-corrected chi connectivity index (χ2v) is 7.81. The summed E-state index contributed by atoms with van der Waals surface area (Å²) >= 11 is 0. The molecule has 1 heterocycles. The van der Waals surface area contributed by atoms with Crippen LogP contribution in [0.3, 0.4) is 0 Å². The first-order valence-corrected chi connectivity index (χ1v) is 9.52. The normalized spacial score (nSPS) is 18.0. The van der Waals surface area contributed by atoms with Crippen LogP contribution in [0.2, 0.25) is 0 Å². The third kappa shape index (κ3) is 5.97.